The van der Waals surface area contributed by atoms with Crippen molar-refractivity contribution in [2.45, 2.75) is 43.8 Å². The van der Waals surface area contributed by atoms with E-state index in [1.54, 1.807) is 54.6 Å². The maximum absolute atomic E-state index is 14.3. The second-order valence-electron chi connectivity index (χ2n) is 10.3. The smallest absolute Gasteiger partial charge is 0.264 e. The van der Waals surface area contributed by atoms with E-state index >= 15 is 0 Å². The Kier molecular flexibility index (Phi) is 10.6. The SMILES string of the molecule is CC(C)NC(=O)[C@H](Cc1ccccc1)N(Cc1cccc(Cl)c1)C(=O)CN(c1ccccc1)S(=O)(=O)c1ccc(F)cc1. The third-order valence-electron chi connectivity index (χ3n) is 6.67. The summed E-state index contributed by atoms with van der Waals surface area (Å²) in [6.45, 7) is 3.05. The molecule has 0 aromatic heterocycles. The molecule has 0 saturated carbocycles. The van der Waals surface area contributed by atoms with Crippen LogP contribution in [0.3, 0.4) is 0 Å². The highest BCUT2D eigenvalue weighted by atomic mass is 35.5. The Hall–Kier alpha value is -4.21. The molecular weight excluding hydrogens is 589 g/mol. The molecule has 10 heteroatoms. The van der Waals surface area contributed by atoms with E-state index < -0.39 is 34.3 Å². The van der Waals surface area contributed by atoms with Gasteiger partial charge in [-0.3, -0.25) is 13.9 Å². The van der Waals surface area contributed by atoms with Crippen molar-refractivity contribution >= 4 is 39.1 Å². The van der Waals surface area contributed by atoms with E-state index in [1.165, 1.54) is 4.90 Å². The molecule has 0 aliphatic rings. The molecule has 43 heavy (non-hydrogen) atoms. The zero-order valence-electron chi connectivity index (χ0n) is 23.9. The maximum Gasteiger partial charge on any atom is 0.264 e. The minimum atomic E-state index is -4.31. The lowest BCUT2D eigenvalue weighted by atomic mass is 10.0. The lowest BCUT2D eigenvalue weighted by molar-refractivity contribution is -0.140. The number of nitrogens with one attached hydrogen (secondary N) is 1. The predicted octanol–water partition coefficient (Wildman–Crippen LogP) is 5.84. The van der Waals surface area contributed by atoms with Gasteiger partial charge in [-0.15, -0.1) is 0 Å². The lowest BCUT2D eigenvalue weighted by Crippen LogP contribution is -2.54. The second kappa shape index (κ2) is 14.3. The van der Waals surface area contributed by atoms with Gasteiger partial charge in [-0.2, -0.15) is 0 Å². The van der Waals surface area contributed by atoms with Gasteiger partial charge in [0.05, 0.1) is 10.6 Å². The Balaban J connectivity index is 1.79. The fourth-order valence-electron chi connectivity index (χ4n) is 4.62. The molecule has 0 spiro atoms. The Morgan fingerprint density at radius 1 is 0.837 bits per heavy atom. The molecule has 1 N–H and O–H groups in total. The van der Waals surface area contributed by atoms with Crippen LogP contribution in [-0.4, -0.2) is 43.8 Å². The summed E-state index contributed by atoms with van der Waals surface area (Å²) < 4.78 is 42.4. The third-order valence-corrected chi connectivity index (χ3v) is 8.69. The highest BCUT2D eigenvalue weighted by Crippen LogP contribution is 2.25. The molecule has 0 aliphatic heterocycles. The van der Waals surface area contributed by atoms with Gasteiger partial charge in [-0.05, 0) is 73.5 Å². The number of anilines is 1. The van der Waals surface area contributed by atoms with E-state index in [1.807, 2.05) is 44.2 Å². The number of rotatable bonds is 12. The number of halogens is 2. The van der Waals surface area contributed by atoms with Crippen molar-refractivity contribution in [3.63, 3.8) is 0 Å². The van der Waals surface area contributed by atoms with Gasteiger partial charge in [0.15, 0.2) is 0 Å². The minimum Gasteiger partial charge on any atom is -0.352 e. The summed E-state index contributed by atoms with van der Waals surface area (Å²) >= 11 is 6.25. The summed E-state index contributed by atoms with van der Waals surface area (Å²) in [5.41, 5.74) is 1.74. The standard InChI is InChI=1S/C33H33ClFN3O4S/c1-24(2)36-33(40)31(21-25-10-5-3-6-11-25)37(22-26-12-9-13-27(34)20-26)32(39)23-38(29-14-7-4-8-15-29)43(41,42)30-18-16-28(35)17-19-30/h3-20,24,31H,21-23H2,1-2H3,(H,36,40)/t31-/m0/s1. The lowest BCUT2D eigenvalue weighted by Gasteiger charge is -2.34. The van der Waals surface area contributed by atoms with Crippen LogP contribution >= 0.6 is 11.6 Å². The molecule has 0 saturated heterocycles. The molecule has 1 atom stereocenters. The van der Waals surface area contributed by atoms with Gasteiger partial charge in [0.2, 0.25) is 11.8 Å². The number of sulfonamides is 1. The number of hydrogen-bond acceptors (Lipinski definition) is 4. The van der Waals surface area contributed by atoms with Crippen molar-refractivity contribution in [1.29, 1.82) is 0 Å². The number of nitrogens with zero attached hydrogens (tertiary/aromatic N) is 2. The van der Waals surface area contributed by atoms with Crippen molar-refractivity contribution in [3.8, 4) is 0 Å². The molecular formula is C33H33ClFN3O4S. The van der Waals surface area contributed by atoms with Crippen LogP contribution in [0.2, 0.25) is 5.02 Å². The Bertz CT molecular complexity index is 1640. The molecule has 224 valence electrons. The van der Waals surface area contributed by atoms with Crippen LogP contribution in [0, 0.1) is 5.82 Å². The van der Waals surface area contributed by atoms with E-state index in [0.29, 0.717) is 10.6 Å². The first-order valence-corrected chi connectivity index (χ1v) is 15.6. The molecule has 0 radical (unpaired) electrons. The number of amides is 2. The second-order valence-corrected chi connectivity index (χ2v) is 12.6. The fraction of sp³-hybridized carbons (Fsp3) is 0.212. The zero-order chi connectivity index (χ0) is 31.0. The minimum absolute atomic E-state index is 0.00162. The van der Waals surface area contributed by atoms with E-state index in [4.69, 9.17) is 11.6 Å². The summed E-state index contributed by atoms with van der Waals surface area (Å²) in [6, 6.07) is 27.7. The Morgan fingerprint density at radius 2 is 1.44 bits per heavy atom. The number of benzene rings is 4. The van der Waals surface area contributed by atoms with Crippen LogP contribution in [0.25, 0.3) is 0 Å². The van der Waals surface area contributed by atoms with Gasteiger partial charge >= 0.3 is 0 Å². The molecule has 4 aromatic rings. The average molecular weight is 622 g/mol. The average Bonchev–Trinajstić information content (AvgIpc) is 2.98. The summed E-state index contributed by atoms with van der Waals surface area (Å²) in [6.07, 6.45) is 0.196. The first kappa shape index (κ1) is 31.7. The Morgan fingerprint density at radius 3 is 2.05 bits per heavy atom. The fourth-order valence-corrected chi connectivity index (χ4v) is 6.25. The topological polar surface area (TPSA) is 86.8 Å². The van der Waals surface area contributed by atoms with E-state index in [0.717, 1.165) is 34.1 Å². The van der Waals surface area contributed by atoms with Crippen LogP contribution in [0.5, 0.6) is 0 Å². The highest BCUT2D eigenvalue weighted by Gasteiger charge is 2.34. The molecule has 0 bridgehead atoms. The first-order chi connectivity index (χ1) is 20.5. The maximum atomic E-state index is 14.3. The van der Waals surface area contributed by atoms with Crippen LogP contribution in [0.4, 0.5) is 10.1 Å². The largest absolute Gasteiger partial charge is 0.352 e. The molecule has 0 fully saturated rings. The van der Waals surface area contributed by atoms with Gasteiger partial charge in [-0.1, -0.05) is 72.3 Å². The monoisotopic (exact) mass is 621 g/mol. The predicted molar refractivity (Wildman–Crippen MR) is 167 cm³/mol. The molecule has 0 unspecified atom stereocenters. The number of para-hydroxylation sites is 1. The van der Waals surface area contributed by atoms with Gasteiger partial charge in [0.25, 0.3) is 10.0 Å². The van der Waals surface area contributed by atoms with Crippen molar-refractivity contribution in [2.24, 2.45) is 0 Å². The molecule has 4 aromatic carbocycles. The molecule has 0 heterocycles. The van der Waals surface area contributed by atoms with Gasteiger partial charge in [0.1, 0.15) is 18.4 Å². The first-order valence-electron chi connectivity index (χ1n) is 13.8. The van der Waals surface area contributed by atoms with E-state index in [-0.39, 0.29) is 35.5 Å². The van der Waals surface area contributed by atoms with Crippen molar-refractivity contribution in [1.82, 2.24) is 10.2 Å². The number of carbonyl (C=O) groups is 2. The normalized spacial score (nSPS) is 12.0. The van der Waals surface area contributed by atoms with E-state index in [2.05, 4.69) is 5.32 Å². The number of carbonyl (C=O) groups excluding carboxylic acids is 2. The van der Waals surface area contributed by atoms with Crippen LogP contribution in [-0.2, 0) is 32.6 Å². The highest BCUT2D eigenvalue weighted by molar-refractivity contribution is 7.92. The number of hydrogen-bond donors (Lipinski definition) is 1. The summed E-state index contributed by atoms with van der Waals surface area (Å²) in [4.78, 5) is 29.2. The molecule has 0 aliphatic carbocycles. The van der Waals surface area contributed by atoms with Crippen molar-refractivity contribution < 1.29 is 22.4 Å². The summed E-state index contributed by atoms with van der Waals surface area (Å²) in [5, 5.41) is 3.37. The van der Waals surface area contributed by atoms with Crippen LogP contribution in [0.15, 0.2) is 114 Å². The van der Waals surface area contributed by atoms with E-state index in [9.17, 15) is 22.4 Å². The summed E-state index contributed by atoms with van der Waals surface area (Å²) in [7, 11) is -4.31. The van der Waals surface area contributed by atoms with Crippen molar-refractivity contribution in [3.05, 3.63) is 131 Å². The van der Waals surface area contributed by atoms with Gasteiger partial charge in [0, 0.05) is 24.0 Å². The van der Waals surface area contributed by atoms with Gasteiger partial charge in [-0.25, -0.2) is 12.8 Å². The van der Waals surface area contributed by atoms with Crippen LogP contribution in [0.1, 0.15) is 25.0 Å². The quantitative estimate of drug-likeness (QED) is 0.215. The van der Waals surface area contributed by atoms with Crippen LogP contribution < -0.4 is 9.62 Å². The van der Waals surface area contributed by atoms with Gasteiger partial charge < -0.3 is 10.2 Å². The molecule has 4 rings (SSSR count). The summed E-state index contributed by atoms with van der Waals surface area (Å²) in [5.74, 6) is -1.56. The molecule has 7 nitrogen and oxygen atoms in total. The van der Waals surface area contributed by atoms with Crippen molar-refractivity contribution in [2.75, 3.05) is 10.8 Å². The zero-order valence-corrected chi connectivity index (χ0v) is 25.4. The third kappa shape index (κ3) is 8.43. The Labute approximate surface area is 257 Å². The molecule has 2 amide bonds.